The van der Waals surface area contributed by atoms with Crippen LogP contribution >= 0.6 is 0 Å². The van der Waals surface area contributed by atoms with Gasteiger partial charge < -0.3 is 10.2 Å². The summed E-state index contributed by atoms with van der Waals surface area (Å²) in [5, 5.41) is 3.25. The van der Waals surface area contributed by atoms with Crippen LogP contribution in [0, 0.1) is 0 Å². The number of hydrogen-bond donors (Lipinski definition) is 1. The van der Waals surface area contributed by atoms with Gasteiger partial charge in [-0.2, -0.15) is 0 Å². The number of amides is 1. The number of benzene rings is 1. The Morgan fingerprint density at radius 1 is 1.56 bits per heavy atom. The van der Waals surface area contributed by atoms with Gasteiger partial charge in [0.1, 0.15) is 0 Å². The van der Waals surface area contributed by atoms with E-state index in [0.717, 1.165) is 18.5 Å². The fourth-order valence-electron chi connectivity index (χ4n) is 2.75. The molecule has 0 saturated carbocycles. The van der Waals surface area contributed by atoms with E-state index < -0.39 is 0 Å². The van der Waals surface area contributed by atoms with Crippen LogP contribution in [0.5, 0.6) is 0 Å². The van der Waals surface area contributed by atoms with E-state index in [1.165, 1.54) is 11.1 Å². The lowest BCUT2D eigenvalue weighted by atomic mass is 10.0. The Labute approximate surface area is 109 Å². The molecule has 0 radical (unpaired) electrons. The summed E-state index contributed by atoms with van der Waals surface area (Å²) in [6, 6.07) is 7.25. The van der Waals surface area contributed by atoms with E-state index >= 15 is 0 Å². The predicted octanol–water partition coefficient (Wildman–Crippen LogP) is 2.13. The topological polar surface area (TPSA) is 32.3 Å². The molecule has 0 aromatic heterocycles. The lowest BCUT2D eigenvalue weighted by Crippen LogP contribution is -2.33. The number of nitrogens with one attached hydrogen (secondary N) is 1. The molecule has 1 aliphatic heterocycles. The Balaban J connectivity index is 2.25. The van der Waals surface area contributed by atoms with Gasteiger partial charge in [0.15, 0.2) is 0 Å². The fourth-order valence-corrected chi connectivity index (χ4v) is 2.75. The van der Waals surface area contributed by atoms with Gasteiger partial charge in [-0.25, -0.2) is 0 Å². The van der Waals surface area contributed by atoms with Crippen LogP contribution in [0.3, 0.4) is 0 Å². The van der Waals surface area contributed by atoms with E-state index in [4.69, 9.17) is 0 Å². The van der Waals surface area contributed by atoms with Crippen LogP contribution in [-0.4, -0.2) is 25.0 Å². The molecule has 0 bridgehead atoms. The maximum absolute atomic E-state index is 11.6. The Bertz CT molecular complexity index is 456. The summed E-state index contributed by atoms with van der Waals surface area (Å²) in [5.41, 5.74) is 3.74. The quantitative estimate of drug-likeness (QED) is 0.886. The van der Waals surface area contributed by atoms with Crippen LogP contribution in [0.25, 0.3) is 0 Å². The second-order valence-electron chi connectivity index (χ2n) is 5.30. The highest BCUT2D eigenvalue weighted by Gasteiger charge is 2.28. The zero-order chi connectivity index (χ0) is 13.3. The van der Waals surface area contributed by atoms with Crippen molar-refractivity contribution in [2.75, 3.05) is 11.9 Å². The molecule has 2 unspecified atom stereocenters. The van der Waals surface area contributed by atoms with E-state index in [2.05, 4.69) is 37.4 Å². The average molecular weight is 246 g/mol. The van der Waals surface area contributed by atoms with Gasteiger partial charge in [0, 0.05) is 24.7 Å². The average Bonchev–Trinajstić information content (AvgIpc) is 2.64. The van der Waals surface area contributed by atoms with E-state index in [0.29, 0.717) is 6.04 Å². The van der Waals surface area contributed by atoms with Crippen LogP contribution in [0.2, 0.25) is 0 Å². The van der Waals surface area contributed by atoms with Gasteiger partial charge in [-0.1, -0.05) is 12.1 Å². The minimum absolute atomic E-state index is 0.137. The van der Waals surface area contributed by atoms with Crippen LogP contribution in [0.1, 0.15) is 31.9 Å². The highest BCUT2D eigenvalue weighted by Crippen LogP contribution is 2.33. The van der Waals surface area contributed by atoms with Gasteiger partial charge >= 0.3 is 0 Å². The molecule has 0 aliphatic carbocycles. The molecule has 2 rings (SSSR count). The Hall–Kier alpha value is -1.35. The molecule has 3 nitrogen and oxygen atoms in total. The number of rotatable bonds is 3. The Morgan fingerprint density at radius 2 is 2.28 bits per heavy atom. The number of hydrogen-bond acceptors (Lipinski definition) is 2. The number of carbonyl (C=O) groups excluding carboxylic acids is 1. The second kappa shape index (κ2) is 5.11. The molecule has 2 atom stereocenters. The Kier molecular flexibility index (Phi) is 3.71. The summed E-state index contributed by atoms with van der Waals surface area (Å²) in [6.07, 6.45) is 1.99. The molecule has 1 heterocycles. The minimum atomic E-state index is 0.137. The van der Waals surface area contributed by atoms with Crippen LogP contribution in [-0.2, 0) is 17.6 Å². The number of fused-ring (bicyclic) bond motifs is 1. The number of anilines is 1. The summed E-state index contributed by atoms with van der Waals surface area (Å²) < 4.78 is 0. The third-order valence-corrected chi connectivity index (χ3v) is 3.73. The maximum atomic E-state index is 11.6. The highest BCUT2D eigenvalue weighted by molar-refractivity contribution is 5.94. The van der Waals surface area contributed by atoms with Crippen LogP contribution < -0.4 is 10.2 Å². The normalized spacial score (nSPS) is 19.8. The van der Waals surface area contributed by atoms with Gasteiger partial charge in [0.05, 0.1) is 0 Å². The fraction of sp³-hybridized carbons (Fsp3) is 0.533. The molecule has 0 spiro atoms. The van der Waals surface area contributed by atoms with Gasteiger partial charge in [-0.3, -0.25) is 4.79 Å². The molecule has 98 valence electrons. The first-order valence-corrected chi connectivity index (χ1v) is 6.61. The summed E-state index contributed by atoms with van der Waals surface area (Å²) in [5.74, 6) is 0.137. The molecule has 0 saturated heterocycles. The molecule has 1 aromatic rings. The highest BCUT2D eigenvalue weighted by atomic mass is 16.2. The number of nitrogens with zero attached hydrogens (tertiary/aromatic N) is 1. The lowest BCUT2D eigenvalue weighted by molar-refractivity contribution is -0.116. The molecule has 1 N–H and O–H groups in total. The van der Waals surface area contributed by atoms with Gasteiger partial charge in [-0.05, 0) is 50.9 Å². The van der Waals surface area contributed by atoms with Crippen molar-refractivity contribution >= 4 is 11.6 Å². The standard InChI is InChI=1S/C15H22N2O/c1-10(16-4)7-13-5-6-15-14(9-13)8-11(2)17(15)12(3)18/h5-6,9-11,16H,7-8H2,1-4H3. The lowest BCUT2D eigenvalue weighted by Gasteiger charge is -2.20. The molecule has 1 amide bonds. The third kappa shape index (κ3) is 2.41. The van der Waals surface area contributed by atoms with E-state index in [1.807, 2.05) is 11.9 Å². The number of likely N-dealkylation sites (N-methyl/N-ethyl adjacent to an activating group) is 1. The van der Waals surface area contributed by atoms with E-state index in [-0.39, 0.29) is 11.9 Å². The molecular formula is C15H22N2O. The molecule has 3 heteroatoms. The van der Waals surface area contributed by atoms with Gasteiger partial charge in [-0.15, -0.1) is 0 Å². The van der Waals surface area contributed by atoms with E-state index in [1.54, 1.807) is 6.92 Å². The first-order chi connectivity index (χ1) is 8.52. The van der Waals surface area contributed by atoms with Crippen LogP contribution in [0.15, 0.2) is 18.2 Å². The van der Waals surface area contributed by atoms with Crippen molar-refractivity contribution < 1.29 is 4.79 Å². The zero-order valence-electron chi connectivity index (χ0n) is 11.7. The molecule has 18 heavy (non-hydrogen) atoms. The summed E-state index contributed by atoms with van der Waals surface area (Å²) in [6.45, 7) is 5.93. The van der Waals surface area contributed by atoms with Gasteiger partial charge in [0.2, 0.25) is 5.91 Å². The van der Waals surface area contributed by atoms with Crippen molar-refractivity contribution in [3.05, 3.63) is 29.3 Å². The maximum Gasteiger partial charge on any atom is 0.224 e. The van der Waals surface area contributed by atoms with Gasteiger partial charge in [0.25, 0.3) is 0 Å². The summed E-state index contributed by atoms with van der Waals surface area (Å²) in [7, 11) is 1.98. The summed E-state index contributed by atoms with van der Waals surface area (Å²) in [4.78, 5) is 13.5. The molecular weight excluding hydrogens is 224 g/mol. The minimum Gasteiger partial charge on any atom is -0.317 e. The predicted molar refractivity (Wildman–Crippen MR) is 75.0 cm³/mol. The molecule has 1 aliphatic rings. The SMILES string of the molecule is CNC(C)Cc1ccc2c(c1)CC(C)N2C(C)=O. The first kappa shape index (κ1) is 13.1. The van der Waals surface area contributed by atoms with Crippen molar-refractivity contribution in [1.82, 2.24) is 5.32 Å². The smallest absolute Gasteiger partial charge is 0.224 e. The zero-order valence-corrected chi connectivity index (χ0v) is 11.7. The van der Waals surface area contributed by atoms with Crippen molar-refractivity contribution in [3.8, 4) is 0 Å². The molecule has 0 fully saturated rings. The summed E-state index contributed by atoms with van der Waals surface area (Å²) >= 11 is 0. The van der Waals surface area contributed by atoms with Crippen LogP contribution in [0.4, 0.5) is 5.69 Å². The van der Waals surface area contributed by atoms with Crippen molar-refractivity contribution in [2.45, 2.75) is 45.7 Å². The van der Waals surface area contributed by atoms with E-state index in [9.17, 15) is 4.79 Å². The third-order valence-electron chi connectivity index (χ3n) is 3.73. The van der Waals surface area contributed by atoms with Crippen molar-refractivity contribution in [2.24, 2.45) is 0 Å². The molecule has 1 aromatic carbocycles. The van der Waals surface area contributed by atoms with Crippen molar-refractivity contribution in [3.63, 3.8) is 0 Å². The monoisotopic (exact) mass is 246 g/mol. The van der Waals surface area contributed by atoms with Crippen molar-refractivity contribution in [1.29, 1.82) is 0 Å². The Morgan fingerprint density at radius 3 is 2.89 bits per heavy atom. The largest absolute Gasteiger partial charge is 0.317 e. The number of carbonyl (C=O) groups is 1. The second-order valence-corrected chi connectivity index (χ2v) is 5.30. The first-order valence-electron chi connectivity index (χ1n) is 6.61.